The van der Waals surface area contributed by atoms with Crippen molar-refractivity contribution in [1.29, 1.82) is 0 Å². The highest BCUT2D eigenvalue weighted by Gasteiger charge is 2.29. The standard InChI is InChI=1S/C17H21N3O3S.ClH/c21-15-11-24-17(23)20(15)10-12-3-1-5-14(7-12)16(22)19-9-13-4-2-6-18-8-13;/h1,3,5,7,13,18H,2,4,6,8-11H2,(H,19,22);1H. The minimum atomic E-state index is -0.223. The Hall–Kier alpha value is -1.57. The van der Waals surface area contributed by atoms with Gasteiger partial charge in [0, 0.05) is 12.1 Å². The maximum absolute atomic E-state index is 12.3. The highest BCUT2D eigenvalue weighted by molar-refractivity contribution is 8.14. The summed E-state index contributed by atoms with van der Waals surface area (Å²) in [5, 5.41) is 6.09. The third-order valence-electron chi connectivity index (χ3n) is 4.32. The number of nitrogens with one attached hydrogen (secondary N) is 2. The Morgan fingerprint density at radius 2 is 2.20 bits per heavy atom. The molecule has 0 aliphatic carbocycles. The van der Waals surface area contributed by atoms with E-state index in [0.29, 0.717) is 18.0 Å². The highest BCUT2D eigenvalue weighted by Crippen LogP contribution is 2.21. The van der Waals surface area contributed by atoms with Crippen LogP contribution >= 0.6 is 24.2 Å². The molecule has 2 N–H and O–H groups in total. The SMILES string of the molecule is Cl.O=C(NCC1CCCNC1)c1cccc(CN2C(=O)CSC2=O)c1. The average molecular weight is 384 g/mol. The molecule has 2 aliphatic heterocycles. The molecule has 0 bridgehead atoms. The first-order valence-electron chi connectivity index (χ1n) is 8.18. The normalized spacial score (nSPS) is 20.3. The average Bonchev–Trinajstić information content (AvgIpc) is 2.93. The second-order valence-electron chi connectivity index (χ2n) is 6.16. The van der Waals surface area contributed by atoms with Crippen molar-refractivity contribution in [2.24, 2.45) is 5.92 Å². The highest BCUT2D eigenvalue weighted by atomic mass is 35.5. The first-order chi connectivity index (χ1) is 11.6. The van der Waals surface area contributed by atoms with Gasteiger partial charge in [0.05, 0.1) is 12.3 Å². The van der Waals surface area contributed by atoms with Gasteiger partial charge in [-0.05, 0) is 49.5 Å². The Kier molecular flexibility index (Phi) is 7.28. The van der Waals surface area contributed by atoms with Gasteiger partial charge in [-0.15, -0.1) is 12.4 Å². The Morgan fingerprint density at radius 1 is 1.36 bits per heavy atom. The summed E-state index contributed by atoms with van der Waals surface area (Å²) in [5.74, 6) is 0.386. The van der Waals surface area contributed by atoms with E-state index in [4.69, 9.17) is 0 Å². The number of piperidine rings is 1. The smallest absolute Gasteiger partial charge is 0.289 e. The molecule has 0 saturated carbocycles. The molecule has 1 aromatic rings. The second-order valence-corrected chi connectivity index (χ2v) is 7.08. The van der Waals surface area contributed by atoms with Crippen LogP contribution in [0.5, 0.6) is 0 Å². The summed E-state index contributed by atoms with van der Waals surface area (Å²) < 4.78 is 0. The van der Waals surface area contributed by atoms with E-state index >= 15 is 0 Å². The topological polar surface area (TPSA) is 78.5 Å². The fourth-order valence-corrected chi connectivity index (χ4v) is 3.69. The molecule has 1 atom stereocenters. The number of halogens is 1. The van der Waals surface area contributed by atoms with Crippen molar-refractivity contribution in [2.75, 3.05) is 25.4 Å². The monoisotopic (exact) mass is 383 g/mol. The molecule has 2 heterocycles. The minimum Gasteiger partial charge on any atom is -0.352 e. The van der Waals surface area contributed by atoms with Crippen LogP contribution in [0.15, 0.2) is 24.3 Å². The number of hydrogen-bond acceptors (Lipinski definition) is 5. The Balaban J connectivity index is 0.00000225. The molecule has 25 heavy (non-hydrogen) atoms. The third kappa shape index (κ3) is 5.20. The minimum absolute atomic E-state index is 0. The van der Waals surface area contributed by atoms with Gasteiger partial charge in [0.15, 0.2) is 0 Å². The third-order valence-corrected chi connectivity index (χ3v) is 5.18. The summed E-state index contributed by atoms with van der Waals surface area (Å²) in [7, 11) is 0. The molecule has 2 fully saturated rings. The molecule has 2 aliphatic rings. The van der Waals surface area contributed by atoms with Crippen molar-refractivity contribution in [3.63, 3.8) is 0 Å². The number of thioether (sulfide) groups is 1. The van der Waals surface area contributed by atoms with Crippen molar-refractivity contribution in [3.05, 3.63) is 35.4 Å². The van der Waals surface area contributed by atoms with Gasteiger partial charge in [0.25, 0.3) is 11.1 Å². The molecule has 136 valence electrons. The molecule has 1 unspecified atom stereocenters. The predicted molar refractivity (Wildman–Crippen MR) is 100 cm³/mol. The van der Waals surface area contributed by atoms with Crippen LogP contribution in [0.2, 0.25) is 0 Å². The Labute approximate surface area is 157 Å². The van der Waals surface area contributed by atoms with Crippen LogP contribution in [0, 0.1) is 5.92 Å². The van der Waals surface area contributed by atoms with Crippen molar-refractivity contribution in [2.45, 2.75) is 19.4 Å². The van der Waals surface area contributed by atoms with E-state index in [1.54, 1.807) is 18.2 Å². The van der Waals surface area contributed by atoms with Crippen LogP contribution < -0.4 is 10.6 Å². The zero-order valence-corrected chi connectivity index (χ0v) is 15.5. The van der Waals surface area contributed by atoms with E-state index < -0.39 is 0 Å². The number of benzene rings is 1. The van der Waals surface area contributed by atoms with E-state index in [0.717, 1.165) is 43.3 Å². The molecule has 2 saturated heterocycles. The van der Waals surface area contributed by atoms with Gasteiger partial charge in [-0.1, -0.05) is 23.9 Å². The summed E-state index contributed by atoms with van der Waals surface area (Å²) in [4.78, 5) is 36.9. The van der Waals surface area contributed by atoms with E-state index in [-0.39, 0.29) is 41.8 Å². The fraction of sp³-hybridized carbons (Fsp3) is 0.471. The van der Waals surface area contributed by atoms with Gasteiger partial charge >= 0.3 is 0 Å². The van der Waals surface area contributed by atoms with Crippen molar-refractivity contribution < 1.29 is 14.4 Å². The molecule has 3 rings (SSSR count). The van der Waals surface area contributed by atoms with Crippen molar-refractivity contribution in [1.82, 2.24) is 15.5 Å². The number of amides is 3. The number of nitrogens with zero attached hydrogens (tertiary/aromatic N) is 1. The van der Waals surface area contributed by atoms with E-state index in [1.165, 1.54) is 4.90 Å². The lowest BCUT2D eigenvalue weighted by Crippen LogP contribution is -2.38. The Bertz CT molecular complexity index is 634. The number of rotatable bonds is 5. The van der Waals surface area contributed by atoms with E-state index in [1.807, 2.05) is 6.07 Å². The molecule has 3 amide bonds. The van der Waals surface area contributed by atoms with Crippen LogP contribution in [-0.2, 0) is 11.3 Å². The zero-order chi connectivity index (χ0) is 16.9. The summed E-state index contributed by atoms with van der Waals surface area (Å²) in [6.45, 7) is 2.88. The quantitative estimate of drug-likeness (QED) is 0.813. The molecule has 1 aromatic carbocycles. The van der Waals surface area contributed by atoms with Crippen LogP contribution in [0.25, 0.3) is 0 Å². The zero-order valence-electron chi connectivity index (χ0n) is 13.8. The predicted octanol–water partition coefficient (Wildman–Crippen LogP) is 2.03. The van der Waals surface area contributed by atoms with Gasteiger partial charge < -0.3 is 10.6 Å². The lowest BCUT2D eigenvalue weighted by molar-refractivity contribution is -0.125. The number of carbonyl (C=O) groups excluding carboxylic acids is 3. The maximum atomic E-state index is 12.3. The first kappa shape index (κ1) is 19.8. The van der Waals surface area contributed by atoms with E-state index in [9.17, 15) is 14.4 Å². The summed E-state index contributed by atoms with van der Waals surface area (Å²) in [5.41, 5.74) is 1.34. The van der Waals surface area contributed by atoms with Gasteiger partial charge in [-0.25, -0.2) is 0 Å². The molecular formula is C17H22ClN3O3S. The second kappa shape index (κ2) is 9.22. The van der Waals surface area contributed by atoms with Crippen LogP contribution in [0.1, 0.15) is 28.8 Å². The van der Waals surface area contributed by atoms with Crippen molar-refractivity contribution >= 4 is 41.2 Å². The van der Waals surface area contributed by atoms with Crippen molar-refractivity contribution in [3.8, 4) is 0 Å². The molecular weight excluding hydrogens is 362 g/mol. The number of imide groups is 1. The fourth-order valence-electron chi connectivity index (χ4n) is 2.96. The van der Waals surface area contributed by atoms with Crippen LogP contribution in [0.3, 0.4) is 0 Å². The van der Waals surface area contributed by atoms with Gasteiger partial charge in [-0.2, -0.15) is 0 Å². The lowest BCUT2D eigenvalue weighted by atomic mass is 9.99. The first-order valence-corrected chi connectivity index (χ1v) is 9.17. The number of carbonyl (C=O) groups is 3. The molecule has 6 nitrogen and oxygen atoms in total. The van der Waals surface area contributed by atoms with Gasteiger partial charge in [0.1, 0.15) is 0 Å². The number of hydrogen-bond donors (Lipinski definition) is 2. The van der Waals surface area contributed by atoms with E-state index in [2.05, 4.69) is 10.6 Å². The molecule has 0 aromatic heterocycles. The largest absolute Gasteiger partial charge is 0.352 e. The van der Waals surface area contributed by atoms with Crippen LogP contribution in [-0.4, -0.2) is 47.3 Å². The summed E-state index contributed by atoms with van der Waals surface area (Å²) in [6.07, 6.45) is 2.27. The molecule has 0 radical (unpaired) electrons. The summed E-state index contributed by atoms with van der Waals surface area (Å²) in [6, 6.07) is 7.11. The van der Waals surface area contributed by atoms with Gasteiger partial charge in [0.2, 0.25) is 5.91 Å². The molecule has 8 heteroatoms. The summed E-state index contributed by atoms with van der Waals surface area (Å²) >= 11 is 1.02. The molecule has 0 spiro atoms. The van der Waals surface area contributed by atoms with Gasteiger partial charge in [-0.3, -0.25) is 19.3 Å². The maximum Gasteiger partial charge on any atom is 0.289 e. The lowest BCUT2D eigenvalue weighted by Gasteiger charge is -2.22. The Morgan fingerprint density at radius 3 is 2.88 bits per heavy atom. The van der Waals surface area contributed by atoms with Crippen LogP contribution in [0.4, 0.5) is 4.79 Å².